The minimum atomic E-state index is -0.412. The zero-order valence-electron chi connectivity index (χ0n) is 7.99. The molecule has 1 aromatic rings. The first-order valence-electron chi connectivity index (χ1n) is 4.39. The molecule has 0 saturated carbocycles. The molecule has 0 bridgehead atoms. The Morgan fingerprint density at radius 1 is 1.25 bits per heavy atom. The van der Waals surface area contributed by atoms with Crippen molar-refractivity contribution >= 4 is 33.6 Å². The number of carbonyl (C=O) groups excluding carboxylic acids is 2. The maximum Gasteiger partial charge on any atom is 0.267 e. The van der Waals surface area contributed by atoms with Crippen molar-refractivity contribution < 1.29 is 9.59 Å². The van der Waals surface area contributed by atoms with Crippen molar-refractivity contribution in [2.75, 3.05) is 18.0 Å². The number of hydrogen-bond donors (Lipinski definition) is 2. The van der Waals surface area contributed by atoms with Gasteiger partial charge in [0.2, 0.25) is 11.8 Å². The Morgan fingerprint density at radius 3 is 2.50 bits per heavy atom. The van der Waals surface area contributed by atoms with Gasteiger partial charge in [-0.25, -0.2) is 4.98 Å². The summed E-state index contributed by atoms with van der Waals surface area (Å²) in [4.78, 5) is 41.3. The van der Waals surface area contributed by atoms with E-state index in [2.05, 4.69) is 31.2 Å². The molecule has 0 aliphatic carbocycles. The number of hydrogen-bond acceptors (Lipinski definition) is 5. The summed E-state index contributed by atoms with van der Waals surface area (Å²) in [5.74, 6) is -0.539. The van der Waals surface area contributed by atoms with Crippen LogP contribution >= 0.6 is 15.9 Å². The van der Waals surface area contributed by atoms with E-state index in [1.165, 1.54) is 11.2 Å². The third-order valence-corrected chi connectivity index (χ3v) is 2.74. The highest BCUT2D eigenvalue weighted by Gasteiger charge is 2.25. The second kappa shape index (κ2) is 4.05. The Labute approximate surface area is 98.0 Å². The fourth-order valence-corrected chi connectivity index (χ4v) is 1.85. The van der Waals surface area contributed by atoms with Crippen LogP contribution in [0.1, 0.15) is 0 Å². The Balaban J connectivity index is 2.37. The van der Waals surface area contributed by atoms with Crippen LogP contribution in [0.15, 0.2) is 15.6 Å². The van der Waals surface area contributed by atoms with Gasteiger partial charge < -0.3 is 9.88 Å². The van der Waals surface area contributed by atoms with Gasteiger partial charge in [0, 0.05) is 0 Å². The minimum Gasteiger partial charge on any atom is -0.337 e. The summed E-state index contributed by atoms with van der Waals surface area (Å²) < 4.78 is 0.206. The zero-order valence-corrected chi connectivity index (χ0v) is 9.57. The Kier molecular flexibility index (Phi) is 2.73. The van der Waals surface area contributed by atoms with Gasteiger partial charge in [-0.2, -0.15) is 0 Å². The van der Waals surface area contributed by atoms with Gasteiger partial charge in [-0.1, -0.05) is 0 Å². The van der Waals surface area contributed by atoms with Gasteiger partial charge in [0.25, 0.3) is 5.56 Å². The minimum absolute atomic E-state index is 0.000787. The van der Waals surface area contributed by atoms with Crippen molar-refractivity contribution in [3.8, 4) is 0 Å². The van der Waals surface area contributed by atoms with Gasteiger partial charge in [-0.05, 0) is 15.9 Å². The van der Waals surface area contributed by atoms with Crippen molar-refractivity contribution in [3.05, 3.63) is 21.2 Å². The first kappa shape index (κ1) is 10.8. The summed E-state index contributed by atoms with van der Waals surface area (Å²) in [5.41, 5.74) is -0.358. The smallest absolute Gasteiger partial charge is 0.267 e. The molecule has 2 N–H and O–H groups in total. The van der Waals surface area contributed by atoms with Crippen LogP contribution in [-0.2, 0) is 9.59 Å². The second-order valence-electron chi connectivity index (χ2n) is 3.20. The van der Waals surface area contributed by atoms with Crippen molar-refractivity contribution in [2.24, 2.45) is 0 Å². The van der Waals surface area contributed by atoms with Crippen LogP contribution in [0.3, 0.4) is 0 Å². The molecule has 1 saturated heterocycles. The maximum atomic E-state index is 11.3. The lowest BCUT2D eigenvalue weighted by atomic mass is 10.3. The molecular formula is C8H7BrN4O3. The molecular weight excluding hydrogens is 280 g/mol. The van der Waals surface area contributed by atoms with E-state index >= 15 is 0 Å². The van der Waals surface area contributed by atoms with Gasteiger partial charge in [-0.15, -0.1) is 0 Å². The summed E-state index contributed by atoms with van der Waals surface area (Å²) >= 11 is 3.06. The molecule has 0 radical (unpaired) electrons. The first-order valence-corrected chi connectivity index (χ1v) is 5.18. The average Bonchev–Trinajstić information content (AvgIpc) is 2.20. The highest BCUT2D eigenvalue weighted by molar-refractivity contribution is 9.10. The molecule has 0 atom stereocenters. The lowest BCUT2D eigenvalue weighted by Gasteiger charge is -2.26. The number of rotatable bonds is 1. The molecule has 2 heterocycles. The molecule has 84 valence electrons. The molecule has 1 aliphatic rings. The van der Waals surface area contributed by atoms with Crippen LogP contribution in [0.4, 0.5) is 5.82 Å². The fourth-order valence-electron chi connectivity index (χ4n) is 1.38. The number of H-pyrrole nitrogens is 1. The number of carbonyl (C=O) groups is 2. The standard InChI is InChI=1S/C8H7BrN4O3/c9-6-7(10-3-11-8(6)16)13-1-4(14)12-5(15)2-13/h3H,1-2H2,(H,10,11,16)(H,12,14,15). The van der Waals surface area contributed by atoms with Gasteiger partial charge in [0.15, 0.2) is 5.82 Å². The monoisotopic (exact) mass is 286 g/mol. The van der Waals surface area contributed by atoms with Crippen LogP contribution in [0.2, 0.25) is 0 Å². The summed E-state index contributed by atoms with van der Waals surface area (Å²) in [5, 5.41) is 2.16. The van der Waals surface area contributed by atoms with Gasteiger partial charge in [0.05, 0.1) is 19.4 Å². The zero-order chi connectivity index (χ0) is 11.7. The SMILES string of the molecule is O=C1CN(c2nc[nH]c(=O)c2Br)CC(=O)N1. The lowest BCUT2D eigenvalue weighted by Crippen LogP contribution is -2.52. The highest BCUT2D eigenvalue weighted by Crippen LogP contribution is 2.19. The highest BCUT2D eigenvalue weighted by atomic mass is 79.9. The van der Waals surface area contributed by atoms with E-state index in [0.717, 1.165) is 0 Å². The molecule has 2 amide bonds. The van der Waals surface area contributed by atoms with Crippen molar-refractivity contribution in [1.29, 1.82) is 0 Å². The maximum absolute atomic E-state index is 11.3. The normalized spacial score (nSPS) is 16.2. The van der Waals surface area contributed by atoms with E-state index in [0.29, 0.717) is 0 Å². The molecule has 1 aromatic heterocycles. The van der Waals surface area contributed by atoms with Crippen LogP contribution in [0.5, 0.6) is 0 Å². The molecule has 16 heavy (non-hydrogen) atoms. The molecule has 1 aliphatic heterocycles. The molecule has 7 nitrogen and oxygen atoms in total. The number of imide groups is 1. The molecule has 0 spiro atoms. The Hall–Kier alpha value is -1.70. The molecule has 2 rings (SSSR count). The predicted molar refractivity (Wildman–Crippen MR) is 57.9 cm³/mol. The number of nitrogens with zero attached hydrogens (tertiary/aromatic N) is 2. The van der Waals surface area contributed by atoms with Gasteiger partial charge in [0.1, 0.15) is 4.47 Å². The summed E-state index contributed by atoms with van der Waals surface area (Å²) in [6.45, 7) is 0.00157. The molecule has 1 fully saturated rings. The number of piperazine rings is 1. The summed E-state index contributed by atoms with van der Waals surface area (Å²) in [6, 6.07) is 0. The number of aromatic nitrogens is 2. The third-order valence-electron chi connectivity index (χ3n) is 2.03. The summed E-state index contributed by atoms with van der Waals surface area (Å²) in [7, 11) is 0. The number of halogens is 1. The van der Waals surface area contributed by atoms with E-state index in [9.17, 15) is 14.4 Å². The number of nitrogens with one attached hydrogen (secondary N) is 2. The van der Waals surface area contributed by atoms with E-state index in [4.69, 9.17) is 0 Å². The van der Waals surface area contributed by atoms with Gasteiger partial charge >= 0.3 is 0 Å². The van der Waals surface area contributed by atoms with E-state index in [1.807, 2.05) is 0 Å². The molecule has 0 unspecified atom stereocenters. The largest absolute Gasteiger partial charge is 0.337 e. The second-order valence-corrected chi connectivity index (χ2v) is 3.99. The average molecular weight is 287 g/mol. The van der Waals surface area contributed by atoms with Crippen molar-refractivity contribution in [1.82, 2.24) is 15.3 Å². The van der Waals surface area contributed by atoms with E-state index in [1.54, 1.807) is 0 Å². The van der Waals surface area contributed by atoms with Crippen molar-refractivity contribution in [3.63, 3.8) is 0 Å². The Morgan fingerprint density at radius 2 is 1.88 bits per heavy atom. The Bertz CT molecular complexity index is 496. The first-order chi connectivity index (χ1) is 7.58. The number of anilines is 1. The predicted octanol–water partition coefficient (Wildman–Crippen LogP) is -1.00. The molecule has 8 heteroatoms. The van der Waals surface area contributed by atoms with Crippen molar-refractivity contribution in [2.45, 2.75) is 0 Å². The van der Waals surface area contributed by atoms with E-state index < -0.39 is 11.8 Å². The summed E-state index contributed by atoms with van der Waals surface area (Å²) in [6.07, 6.45) is 1.22. The quantitative estimate of drug-likeness (QED) is 0.646. The molecule has 0 aromatic carbocycles. The number of aromatic amines is 1. The van der Waals surface area contributed by atoms with E-state index in [-0.39, 0.29) is 28.9 Å². The van der Waals surface area contributed by atoms with Crippen LogP contribution in [0.25, 0.3) is 0 Å². The number of amides is 2. The van der Waals surface area contributed by atoms with Crippen LogP contribution in [0, 0.1) is 0 Å². The van der Waals surface area contributed by atoms with Crippen LogP contribution in [-0.4, -0.2) is 34.9 Å². The lowest BCUT2D eigenvalue weighted by molar-refractivity contribution is -0.130. The fraction of sp³-hybridized carbons (Fsp3) is 0.250. The topological polar surface area (TPSA) is 95.2 Å². The van der Waals surface area contributed by atoms with Crippen LogP contribution < -0.4 is 15.8 Å². The van der Waals surface area contributed by atoms with Gasteiger partial charge in [-0.3, -0.25) is 19.7 Å². The third kappa shape index (κ3) is 1.96.